The monoisotopic (exact) mass is 904 g/mol. The summed E-state index contributed by atoms with van der Waals surface area (Å²) in [5.74, 6) is -2.77. The van der Waals surface area contributed by atoms with Crippen molar-refractivity contribution in [3.63, 3.8) is 0 Å². The number of amides is 5. The zero-order valence-electron chi connectivity index (χ0n) is 39.1. The molecule has 1 heterocycles. The van der Waals surface area contributed by atoms with Gasteiger partial charge in [-0.1, -0.05) is 75.7 Å². The van der Waals surface area contributed by atoms with Crippen LogP contribution in [0, 0.1) is 17.3 Å². The van der Waals surface area contributed by atoms with Crippen LogP contribution in [0.25, 0.3) is 11.1 Å². The summed E-state index contributed by atoms with van der Waals surface area (Å²) in [5, 5.41) is 26.7. The van der Waals surface area contributed by atoms with Gasteiger partial charge in [0, 0.05) is 13.5 Å². The lowest BCUT2D eigenvalue weighted by Gasteiger charge is -2.64. The van der Waals surface area contributed by atoms with Crippen molar-refractivity contribution in [2.24, 2.45) is 34.5 Å². The van der Waals surface area contributed by atoms with Gasteiger partial charge in [-0.25, -0.2) is 0 Å². The lowest BCUT2D eigenvalue weighted by Crippen LogP contribution is -2.65. The van der Waals surface area contributed by atoms with Crippen LogP contribution >= 0.6 is 0 Å². The maximum atomic E-state index is 13.6. The fourth-order valence-corrected chi connectivity index (χ4v) is 9.61. The van der Waals surface area contributed by atoms with E-state index in [0.29, 0.717) is 50.7 Å². The molecular formula is C47H74BN9O8. The Labute approximate surface area is 384 Å². The lowest BCUT2D eigenvalue weighted by molar-refractivity contribution is -0.199. The molecule has 1 unspecified atom stereocenters. The molecule has 10 atom stereocenters. The van der Waals surface area contributed by atoms with Crippen LogP contribution in [0.5, 0.6) is 0 Å². The third-order valence-electron chi connectivity index (χ3n) is 13.7. The molecule has 0 spiro atoms. The summed E-state index contributed by atoms with van der Waals surface area (Å²) >= 11 is 0. The molecule has 4 aliphatic rings. The molecule has 2 aromatic carbocycles. The molecule has 1 aliphatic heterocycles. The van der Waals surface area contributed by atoms with E-state index in [1.54, 1.807) is 0 Å². The molecule has 4 fully saturated rings. The average Bonchev–Trinajstić information content (AvgIpc) is 3.64. The van der Waals surface area contributed by atoms with E-state index in [2.05, 4.69) is 101 Å². The quantitative estimate of drug-likeness (QED) is 0.0387. The van der Waals surface area contributed by atoms with E-state index in [9.17, 15) is 29.1 Å². The van der Waals surface area contributed by atoms with Gasteiger partial charge in [0.05, 0.1) is 17.8 Å². The van der Waals surface area contributed by atoms with Crippen molar-refractivity contribution in [1.29, 1.82) is 0 Å². The smallest absolute Gasteiger partial charge is 0.403 e. The second-order valence-electron chi connectivity index (χ2n) is 19.0. The van der Waals surface area contributed by atoms with Crippen molar-refractivity contribution in [3.05, 3.63) is 59.7 Å². The van der Waals surface area contributed by atoms with E-state index in [1.807, 2.05) is 6.92 Å². The predicted molar refractivity (Wildman–Crippen MR) is 250 cm³/mol. The summed E-state index contributed by atoms with van der Waals surface area (Å²) in [6.45, 7) is 12.8. The van der Waals surface area contributed by atoms with Gasteiger partial charge in [0.1, 0.15) is 24.2 Å². The van der Waals surface area contributed by atoms with Gasteiger partial charge in [-0.2, -0.15) is 0 Å². The Morgan fingerprint density at radius 1 is 0.785 bits per heavy atom. The number of carbonyl (C=O) groups excluding carboxylic acids is 5. The third-order valence-corrected chi connectivity index (χ3v) is 13.7. The number of benzene rings is 2. The van der Waals surface area contributed by atoms with Crippen molar-refractivity contribution >= 4 is 36.7 Å². The summed E-state index contributed by atoms with van der Waals surface area (Å²) in [7, 11) is -0.890. The summed E-state index contributed by atoms with van der Waals surface area (Å²) in [4.78, 5) is 65.9. The Morgan fingerprint density at radius 3 is 2.00 bits per heavy atom. The molecule has 65 heavy (non-hydrogen) atoms. The maximum absolute atomic E-state index is 13.6. The predicted octanol–water partition coefficient (Wildman–Crippen LogP) is 1.62. The molecule has 3 aliphatic carbocycles. The van der Waals surface area contributed by atoms with E-state index >= 15 is 0 Å². The van der Waals surface area contributed by atoms with Gasteiger partial charge in [0.25, 0.3) is 5.91 Å². The molecule has 17 nitrogen and oxygen atoms in total. The number of aliphatic hydroxyl groups excluding tert-OH is 1. The Kier molecular flexibility index (Phi) is 18.5. The van der Waals surface area contributed by atoms with Gasteiger partial charge in [-0.05, 0) is 124 Å². The van der Waals surface area contributed by atoms with Gasteiger partial charge >= 0.3 is 7.12 Å². The van der Waals surface area contributed by atoms with Crippen molar-refractivity contribution < 1.29 is 38.4 Å². The van der Waals surface area contributed by atoms with Crippen LogP contribution in [-0.2, 0) is 46.2 Å². The summed E-state index contributed by atoms with van der Waals surface area (Å²) < 4.78 is 12.6. The number of hydrogen-bond acceptors (Lipinski definition) is 12. The van der Waals surface area contributed by atoms with Crippen LogP contribution in [0.2, 0.25) is 0 Å². The number of aryl methyl sites for hydroxylation is 1. The van der Waals surface area contributed by atoms with Crippen LogP contribution < -0.4 is 49.1 Å². The zero-order chi connectivity index (χ0) is 47.5. The second-order valence-corrected chi connectivity index (χ2v) is 19.0. The highest BCUT2D eigenvalue weighted by Crippen LogP contribution is 2.65. The van der Waals surface area contributed by atoms with Crippen molar-refractivity contribution in [3.8, 4) is 11.1 Å². The third kappa shape index (κ3) is 13.4. The van der Waals surface area contributed by atoms with E-state index in [0.717, 1.165) is 36.0 Å². The first-order valence-corrected chi connectivity index (χ1v) is 23.5. The van der Waals surface area contributed by atoms with Crippen LogP contribution in [-0.4, -0.2) is 103 Å². The molecule has 6 rings (SSSR count). The van der Waals surface area contributed by atoms with Crippen LogP contribution in [0.15, 0.2) is 48.5 Å². The zero-order valence-corrected chi connectivity index (χ0v) is 39.1. The van der Waals surface area contributed by atoms with Gasteiger partial charge in [-0.15, -0.1) is 0 Å². The number of nitrogens with two attached hydrogens (primary N) is 3. The number of carbonyl (C=O) groups is 5. The molecule has 2 aromatic rings. The van der Waals surface area contributed by atoms with Crippen LogP contribution in [0.4, 0.5) is 0 Å². The average molecular weight is 904 g/mol. The highest BCUT2D eigenvalue weighted by molar-refractivity contribution is 6.47. The molecule has 5 amide bonds. The minimum absolute atomic E-state index is 0.120. The first-order chi connectivity index (χ1) is 30.9. The molecule has 358 valence electrons. The number of aliphatic hydroxyl groups is 1. The first-order valence-electron chi connectivity index (χ1n) is 23.5. The normalized spacial score (nSPS) is 23.4. The Bertz CT molecular complexity index is 1920. The Morgan fingerprint density at radius 2 is 1.40 bits per heavy atom. The summed E-state index contributed by atoms with van der Waals surface area (Å²) in [6, 6.07) is 12.3. The van der Waals surface area contributed by atoms with Gasteiger partial charge in [-0.3, -0.25) is 24.0 Å². The second kappa shape index (κ2) is 23.3. The molecule has 1 saturated heterocycles. The topological polar surface area (TPSA) is 274 Å². The molecule has 2 bridgehead atoms. The SMILES string of the molecule is CCCCc1ccc(-c2ccc(CNCCC[C@H](NC(C)=O)C(=O)N[C@H](C(=O)N[C@@H](N)C(=O)N[C@@H](CCCCN)C(=O)N[C@@H](N)B3OC4C[C@@H]5C[C@@H](C5(C)C)[C@]4(C)O3)[C@@H](C)O)cc2)cc1. The molecular weight excluding hydrogens is 829 g/mol. The number of rotatable bonds is 25. The summed E-state index contributed by atoms with van der Waals surface area (Å²) in [6.07, 6.45) is 4.10. The maximum Gasteiger partial charge on any atom is 0.497 e. The highest BCUT2D eigenvalue weighted by atomic mass is 16.7. The van der Waals surface area contributed by atoms with Crippen molar-refractivity contribution in [2.75, 3.05) is 13.1 Å². The molecule has 3 saturated carbocycles. The van der Waals surface area contributed by atoms with Gasteiger partial charge < -0.3 is 63.5 Å². The van der Waals surface area contributed by atoms with E-state index in [4.69, 9.17) is 26.5 Å². The lowest BCUT2D eigenvalue weighted by atomic mass is 9.43. The molecule has 0 radical (unpaired) electrons. The molecule has 0 aromatic heterocycles. The van der Waals surface area contributed by atoms with Crippen LogP contribution in [0.3, 0.4) is 0 Å². The van der Waals surface area contributed by atoms with Crippen molar-refractivity contribution in [2.45, 2.75) is 160 Å². The van der Waals surface area contributed by atoms with Crippen LogP contribution in [0.1, 0.15) is 110 Å². The number of unbranched alkanes of at least 4 members (excludes halogenated alkanes) is 2. The van der Waals surface area contributed by atoms with E-state index in [1.165, 1.54) is 32.3 Å². The Balaban J connectivity index is 1.08. The highest BCUT2D eigenvalue weighted by Gasteiger charge is 2.68. The standard InChI is InChI=1S/C47H74BN9O8/c1-7-8-12-30-15-19-32(20-16-30)33-21-17-31(18-22-33)27-52-24-11-14-35(53-29(3)59)41(60)55-39(28(2)58)43(62)56-40(50)44(63)54-36(13-9-10-23-49)42(61)57-45(51)48-64-38-26-34-25-37(46(34,4)5)47(38,6)65-48/h15-22,28,34-40,45,52,58H,7-14,23-27,49-51H2,1-6H3,(H,53,59)(H,54,63)(H,55,60)(H,56,62)(H,57,61)/t28-,34+,35+,36+,37+,38?,39+,40-,45-,47+/m1/s1. The molecule has 13 N–H and O–H groups in total. The number of hydrogen-bond donors (Lipinski definition) is 10. The molecule has 18 heteroatoms. The number of nitrogens with one attached hydrogen (secondary N) is 6. The first kappa shape index (κ1) is 51.6. The van der Waals surface area contributed by atoms with E-state index in [-0.39, 0.29) is 24.4 Å². The van der Waals surface area contributed by atoms with Gasteiger partial charge in [0.15, 0.2) is 6.17 Å². The fourth-order valence-electron chi connectivity index (χ4n) is 9.61. The van der Waals surface area contributed by atoms with Crippen molar-refractivity contribution in [1.82, 2.24) is 31.9 Å². The minimum atomic E-state index is -1.67. The fraction of sp³-hybridized carbons (Fsp3) is 0.638. The summed E-state index contributed by atoms with van der Waals surface area (Å²) in [5.41, 5.74) is 22.5. The van der Waals surface area contributed by atoms with Gasteiger partial charge in [0.2, 0.25) is 23.6 Å². The largest absolute Gasteiger partial charge is 0.497 e. The Hall–Kier alpha value is -4.43. The van der Waals surface area contributed by atoms with E-state index < -0.39 is 78.7 Å². The minimum Gasteiger partial charge on any atom is -0.403 e.